The van der Waals surface area contributed by atoms with Crippen LogP contribution in [-0.4, -0.2) is 71.6 Å². The van der Waals surface area contributed by atoms with E-state index in [0.717, 1.165) is 63.3 Å². The highest BCUT2D eigenvalue weighted by Gasteiger charge is 2.30. The molecule has 2 saturated heterocycles. The van der Waals surface area contributed by atoms with Crippen LogP contribution in [0.3, 0.4) is 0 Å². The number of anilines is 1. The van der Waals surface area contributed by atoms with Crippen molar-refractivity contribution in [3.63, 3.8) is 0 Å². The third-order valence-electron chi connectivity index (χ3n) is 6.25. The fourth-order valence-electron chi connectivity index (χ4n) is 4.50. The summed E-state index contributed by atoms with van der Waals surface area (Å²) in [5.74, 6) is 0.457. The number of aromatic nitrogens is 2. The van der Waals surface area contributed by atoms with Crippen LogP contribution in [0.2, 0.25) is 0 Å². The third-order valence-corrected chi connectivity index (χ3v) is 6.25. The van der Waals surface area contributed by atoms with Crippen molar-refractivity contribution < 1.29 is 4.79 Å². The first-order valence-electron chi connectivity index (χ1n) is 10.7. The van der Waals surface area contributed by atoms with E-state index in [1.165, 1.54) is 0 Å². The van der Waals surface area contributed by atoms with Crippen LogP contribution in [0.15, 0.2) is 29.3 Å². The van der Waals surface area contributed by atoms with Crippen molar-refractivity contribution >= 4 is 22.5 Å². The topological polar surface area (TPSA) is 61.7 Å². The molecule has 0 N–H and O–H groups in total. The highest BCUT2D eigenvalue weighted by molar-refractivity contribution is 5.82. The first kappa shape index (κ1) is 19.9. The van der Waals surface area contributed by atoms with Crippen LogP contribution < -0.4 is 10.5 Å². The monoisotopic (exact) mass is 397 g/mol. The maximum absolute atomic E-state index is 12.9. The van der Waals surface area contributed by atoms with Crippen molar-refractivity contribution in [2.45, 2.75) is 32.7 Å². The summed E-state index contributed by atoms with van der Waals surface area (Å²) in [5.41, 5.74) is 1.80. The van der Waals surface area contributed by atoms with Crippen LogP contribution in [-0.2, 0) is 4.79 Å². The summed E-state index contributed by atoms with van der Waals surface area (Å²) >= 11 is 0. The molecule has 1 amide bonds. The Kier molecular flexibility index (Phi) is 5.58. The first-order valence-corrected chi connectivity index (χ1v) is 10.7. The molecule has 7 nitrogen and oxygen atoms in total. The number of fused-ring (bicyclic) bond motifs is 1. The van der Waals surface area contributed by atoms with Gasteiger partial charge in [0.1, 0.15) is 0 Å². The molecule has 1 aromatic heterocycles. The first-order chi connectivity index (χ1) is 13.9. The van der Waals surface area contributed by atoms with E-state index in [9.17, 15) is 9.59 Å². The predicted octanol–water partition coefficient (Wildman–Crippen LogP) is 1.97. The van der Waals surface area contributed by atoms with E-state index in [0.29, 0.717) is 11.3 Å². The number of likely N-dealkylation sites (tertiary alicyclic amines) is 1. The Labute approximate surface area is 171 Å². The zero-order valence-corrected chi connectivity index (χ0v) is 17.7. The molecule has 0 bridgehead atoms. The summed E-state index contributed by atoms with van der Waals surface area (Å²) in [6.07, 6.45) is 3.75. The second-order valence-corrected chi connectivity index (χ2v) is 8.67. The molecule has 3 heterocycles. The number of benzene rings is 1. The Morgan fingerprint density at radius 2 is 1.90 bits per heavy atom. The molecule has 1 atom stereocenters. The van der Waals surface area contributed by atoms with Gasteiger partial charge in [-0.3, -0.25) is 14.2 Å². The standard InChI is InChI=1S/C22H31N5O2/c1-16(2)27-15-23-20-13-18(6-7-19(20)22(27)29)25-9-11-26(12-10-25)21(28)17-5-4-8-24(3)14-17/h6-7,13,15-17H,4-5,8-12,14H2,1-3H3. The van der Waals surface area contributed by atoms with Crippen LogP contribution in [0.5, 0.6) is 0 Å². The fourth-order valence-corrected chi connectivity index (χ4v) is 4.50. The minimum absolute atomic E-state index is 0.00409. The van der Waals surface area contributed by atoms with Gasteiger partial charge in [-0.15, -0.1) is 0 Å². The number of hydrogen-bond acceptors (Lipinski definition) is 5. The number of piperidine rings is 1. The lowest BCUT2D eigenvalue weighted by molar-refractivity contribution is -0.137. The molecule has 2 aromatic rings. The molecule has 2 aliphatic heterocycles. The highest BCUT2D eigenvalue weighted by Crippen LogP contribution is 2.23. The van der Waals surface area contributed by atoms with Gasteiger partial charge in [0, 0.05) is 44.5 Å². The van der Waals surface area contributed by atoms with Crippen molar-refractivity contribution in [1.29, 1.82) is 0 Å². The van der Waals surface area contributed by atoms with Gasteiger partial charge in [0.05, 0.1) is 23.1 Å². The van der Waals surface area contributed by atoms with Gasteiger partial charge in [-0.05, 0) is 58.5 Å². The van der Waals surface area contributed by atoms with E-state index in [1.807, 2.05) is 36.9 Å². The summed E-state index contributed by atoms with van der Waals surface area (Å²) in [5, 5.41) is 0.653. The second kappa shape index (κ2) is 8.14. The lowest BCUT2D eigenvalue weighted by Crippen LogP contribution is -2.52. The van der Waals surface area contributed by atoms with Gasteiger partial charge in [-0.2, -0.15) is 0 Å². The molecule has 0 aliphatic carbocycles. The van der Waals surface area contributed by atoms with Crippen molar-refractivity contribution in [2.24, 2.45) is 5.92 Å². The average Bonchev–Trinajstić information content (AvgIpc) is 2.73. The lowest BCUT2D eigenvalue weighted by Gasteiger charge is -2.39. The Bertz CT molecular complexity index is 946. The summed E-state index contributed by atoms with van der Waals surface area (Å²) < 4.78 is 1.66. The van der Waals surface area contributed by atoms with Gasteiger partial charge in [0.15, 0.2) is 0 Å². The van der Waals surface area contributed by atoms with Crippen molar-refractivity contribution in [3.8, 4) is 0 Å². The minimum Gasteiger partial charge on any atom is -0.368 e. The summed E-state index contributed by atoms with van der Waals surface area (Å²) in [4.78, 5) is 36.6. The summed E-state index contributed by atoms with van der Waals surface area (Å²) in [6, 6.07) is 5.97. The second-order valence-electron chi connectivity index (χ2n) is 8.67. The number of hydrogen-bond donors (Lipinski definition) is 0. The maximum atomic E-state index is 12.9. The molecule has 1 unspecified atom stereocenters. The van der Waals surface area contributed by atoms with E-state index in [-0.39, 0.29) is 17.5 Å². The minimum atomic E-state index is 0.00409. The molecular formula is C22H31N5O2. The van der Waals surface area contributed by atoms with Crippen LogP contribution >= 0.6 is 0 Å². The summed E-state index contributed by atoms with van der Waals surface area (Å²) in [7, 11) is 2.10. The Morgan fingerprint density at radius 3 is 2.59 bits per heavy atom. The van der Waals surface area contributed by atoms with Crippen molar-refractivity contribution in [2.75, 3.05) is 51.2 Å². The van der Waals surface area contributed by atoms with Crippen LogP contribution in [0.25, 0.3) is 10.9 Å². The van der Waals surface area contributed by atoms with Crippen molar-refractivity contribution in [3.05, 3.63) is 34.9 Å². The SMILES string of the molecule is CC(C)n1cnc2cc(N3CCN(C(=O)C4CCCN(C)C4)CC3)ccc2c1=O. The van der Waals surface area contributed by atoms with Gasteiger partial charge in [-0.1, -0.05) is 0 Å². The normalized spacial score (nSPS) is 21.2. The summed E-state index contributed by atoms with van der Waals surface area (Å²) in [6.45, 7) is 9.05. The zero-order chi connectivity index (χ0) is 20.5. The molecule has 2 fully saturated rings. The third kappa shape index (κ3) is 4.01. The van der Waals surface area contributed by atoms with Gasteiger partial charge < -0.3 is 14.7 Å². The Hall–Kier alpha value is -2.41. The van der Waals surface area contributed by atoms with Gasteiger partial charge in [0.2, 0.25) is 5.91 Å². The van der Waals surface area contributed by atoms with Gasteiger partial charge in [0.25, 0.3) is 5.56 Å². The van der Waals surface area contributed by atoms with E-state index in [2.05, 4.69) is 21.8 Å². The van der Waals surface area contributed by atoms with Crippen LogP contribution in [0, 0.1) is 5.92 Å². The predicted molar refractivity (Wildman–Crippen MR) is 115 cm³/mol. The zero-order valence-electron chi connectivity index (χ0n) is 17.7. The molecule has 156 valence electrons. The number of piperazine rings is 1. The molecule has 0 spiro atoms. The molecule has 7 heteroatoms. The number of rotatable bonds is 3. The Balaban J connectivity index is 1.44. The average molecular weight is 398 g/mol. The van der Waals surface area contributed by atoms with Gasteiger partial charge >= 0.3 is 0 Å². The van der Waals surface area contributed by atoms with Crippen molar-refractivity contribution in [1.82, 2.24) is 19.4 Å². The molecule has 1 aromatic carbocycles. The van der Waals surface area contributed by atoms with E-state index < -0.39 is 0 Å². The molecule has 29 heavy (non-hydrogen) atoms. The largest absolute Gasteiger partial charge is 0.368 e. The number of nitrogens with zero attached hydrogens (tertiary/aromatic N) is 5. The maximum Gasteiger partial charge on any atom is 0.261 e. The quantitative estimate of drug-likeness (QED) is 0.792. The molecule has 2 aliphatic rings. The number of carbonyl (C=O) groups excluding carboxylic acids is 1. The van der Waals surface area contributed by atoms with Gasteiger partial charge in [-0.25, -0.2) is 4.98 Å². The van der Waals surface area contributed by atoms with E-state index in [1.54, 1.807) is 10.9 Å². The number of amides is 1. The van der Waals surface area contributed by atoms with E-state index >= 15 is 0 Å². The Morgan fingerprint density at radius 1 is 1.14 bits per heavy atom. The molecular weight excluding hydrogens is 366 g/mol. The number of carbonyl (C=O) groups is 1. The highest BCUT2D eigenvalue weighted by atomic mass is 16.2. The molecule has 0 radical (unpaired) electrons. The fraction of sp³-hybridized carbons (Fsp3) is 0.591. The van der Waals surface area contributed by atoms with Crippen LogP contribution in [0.4, 0.5) is 5.69 Å². The molecule has 4 rings (SSSR count). The van der Waals surface area contributed by atoms with Crippen LogP contribution in [0.1, 0.15) is 32.7 Å². The van der Waals surface area contributed by atoms with E-state index in [4.69, 9.17) is 0 Å². The molecule has 0 saturated carbocycles. The lowest BCUT2D eigenvalue weighted by atomic mass is 9.96. The smallest absolute Gasteiger partial charge is 0.261 e.